The van der Waals surface area contributed by atoms with Crippen LogP contribution < -0.4 is 0 Å². The lowest BCUT2D eigenvalue weighted by Crippen LogP contribution is -2.09. The van der Waals surface area contributed by atoms with Crippen molar-refractivity contribution < 1.29 is 0 Å². The zero-order chi connectivity index (χ0) is 23.9. The van der Waals surface area contributed by atoms with Gasteiger partial charge in [0.1, 0.15) is 0 Å². The minimum Gasteiger partial charge on any atom is -0.273 e. The Morgan fingerprint density at radius 2 is 1.30 bits per heavy atom. The molecule has 0 spiro atoms. The minimum atomic E-state index is 0.365. The fourth-order valence-corrected chi connectivity index (χ4v) is 4.78. The Bertz CT molecular complexity index is 1240. The fraction of sp³-hybridized carbons (Fsp3) is 0.345. The van der Waals surface area contributed by atoms with Crippen molar-refractivity contribution in [3.05, 3.63) is 82.2 Å². The highest BCUT2D eigenvalue weighted by Crippen LogP contribution is 2.39. The van der Waals surface area contributed by atoms with Gasteiger partial charge in [0, 0.05) is 17.3 Å². The first-order valence-corrected chi connectivity index (χ1v) is 11.8. The number of rotatable bonds is 5. The molecule has 4 aromatic rings. The Hall–Kier alpha value is -3.27. The number of hydrogen-bond acceptors (Lipinski definition) is 3. The molecule has 4 nitrogen and oxygen atoms in total. The Morgan fingerprint density at radius 3 is 1.85 bits per heavy atom. The maximum Gasteiger partial charge on any atom is 0.169 e. The Balaban J connectivity index is 2.15. The van der Waals surface area contributed by atoms with Crippen LogP contribution in [0.15, 0.2) is 48.7 Å². The van der Waals surface area contributed by atoms with Crippen LogP contribution in [0.4, 0.5) is 0 Å². The maximum absolute atomic E-state index is 4.85. The summed E-state index contributed by atoms with van der Waals surface area (Å²) in [6.07, 6.45) is 1.87. The van der Waals surface area contributed by atoms with Gasteiger partial charge >= 0.3 is 0 Å². The van der Waals surface area contributed by atoms with E-state index in [0.717, 1.165) is 34.2 Å². The summed E-state index contributed by atoms with van der Waals surface area (Å²) in [5.41, 5.74) is 10.5. The molecule has 0 bridgehead atoms. The highest BCUT2D eigenvalue weighted by molar-refractivity contribution is 5.73. The summed E-state index contributed by atoms with van der Waals surface area (Å²) in [5, 5.41) is 9.64. The number of aryl methyl sites for hydroxylation is 4. The third kappa shape index (κ3) is 4.22. The van der Waals surface area contributed by atoms with E-state index in [1.165, 1.54) is 27.8 Å². The zero-order valence-electron chi connectivity index (χ0n) is 21.1. The van der Waals surface area contributed by atoms with Crippen molar-refractivity contribution in [1.82, 2.24) is 19.7 Å². The lowest BCUT2D eigenvalue weighted by atomic mass is 9.88. The van der Waals surface area contributed by atoms with Crippen molar-refractivity contribution in [3.63, 3.8) is 0 Å². The van der Waals surface area contributed by atoms with E-state index in [0.29, 0.717) is 11.8 Å². The molecule has 0 radical (unpaired) electrons. The molecular weight excluding hydrogens is 404 g/mol. The van der Waals surface area contributed by atoms with Gasteiger partial charge in [-0.1, -0.05) is 63.1 Å². The molecule has 0 N–H and O–H groups in total. The average Bonchev–Trinajstić information content (AvgIpc) is 3.16. The molecule has 0 atom stereocenters. The smallest absolute Gasteiger partial charge is 0.169 e. The molecule has 0 aliphatic rings. The SMILES string of the molecule is Cc1cc(C)cc(-c2nnc(-c3c(C(C)C)cccc3C(C)C)n2-c2c(C)ccnc2C)c1. The van der Waals surface area contributed by atoms with Gasteiger partial charge in [-0.3, -0.25) is 9.55 Å². The molecule has 33 heavy (non-hydrogen) atoms. The van der Waals surface area contributed by atoms with Gasteiger partial charge in [0.15, 0.2) is 11.6 Å². The quantitative estimate of drug-likeness (QED) is 0.324. The largest absolute Gasteiger partial charge is 0.273 e. The van der Waals surface area contributed by atoms with Gasteiger partial charge in [-0.15, -0.1) is 10.2 Å². The van der Waals surface area contributed by atoms with Gasteiger partial charge in [-0.05, 0) is 74.4 Å². The van der Waals surface area contributed by atoms with E-state index in [1.54, 1.807) is 0 Å². The number of aromatic nitrogens is 4. The van der Waals surface area contributed by atoms with Crippen LogP contribution in [0.3, 0.4) is 0 Å². The monoisotopic (exact) mass is 438 g/mol. The van der Waals surface area contributed by atoms with Crippen molar-refractivity contribution in [3.8, 4) is 28.5 Å². The van der Waals surface area contributed by atoms with Gasteiger partial charge in [-0.2, -0.15) is 0 Å². The van der Waals surface area contributed by atoms with E-state index in [4.69, 9.17) is 10.2 Å². The van der Waals surface area contributed by atoms with Crippen LogP contribution in [0.1, 0.15) is 73.0 Å². The van der Waals surface area contributed by atoms with E-state index in [1.807, 2.05) is 6.20 Å². The molecule has 4 rings (SSSR count). The highest BCUT2D eigenvalue weighted by atomic mass is 15.3. The summed E-state index contributed by atoms with van der Waals surface area (Å²) >= 11 is 0. The predicted molar refractivity (Wildman–Crippen MR) is 137 cm³/mol. The highest BCUT2D eigenvalue weighted by Gasteiger charge is 2.25. The van der Waals surface area contributed by atoms with Crippen LogP contribution in [0.5, 0.6) is 0 Å². The van der Waals surface area contributed by atoms with E-state index in [2.05, 4.69) is 107 Å². The molecule has 0 saturated carbocycles. The summed E-state index contributed by atoms with van der Waals surface area (Å²) in [6.45, 7) is 17.4. The van der Waals surface area contributed by atoms with Crippen LogP contribution in [0.2, 0.25) is 0 Å². The van der Waals surface area contributed by atoms with E-state index < -0.39 is 0 Å². The number of nitrogens with zero attached hydrogens (tertiary/aromatic N) is 4. The van der Waals surface area contributed by atoms with Crippen LogP contribution >= 0.6 is 0 Å². The summed E-state index contributed by atoms with van der Waals surface area (Å²) < 4.78 is 2.24. The molecule has 0 amide bonds. The second-order valence-corrected chi connectivity index (χ2v) is 9.74. The van der Waals surface area contributed by atoms with E-state index >= 15 is 0 Å². The molecule has 0 fully saturated rings. The number of pyridine rings is 1. The Labute approximate surface area is 197 Å². The lowest BCUT2D eigenvalue weighted by Gasteiger charge is -2.21. The van der Waals surface area contributed by atoms with Crippen molar-refractivity contribution in [1.29, 1.82) is 0 Å². The van der Waals surface area contributed by atoms with Gasteiger partial charge in [0.25, 0.3) is 0 Å². The van der Waals surface area contributed by atoms with Gasteiger partial charge in [0.05, 0.1) is 11.4 Å². The maximum atomic E-state index is 4.85. The predicted octanol–water partition coefficient (Wildman–Crippen LogP) is 7.48. The van der Waals surface area contributed by atoms with Crippen molar-refractivity contribution >= 4 is 0 Å². The van der Waals surface area contributed by atoms with Gasteiger partial charge in [-0.25, -0.2) is 0 Å². The number of benzene rings is 2. The lowest BCUT2D eigenvalue weighted by molar-refractivity contribution is 0.831. The third-order valence-electron chi connectivity index (χ3n) is 6.27. The Kier molecular flexibility index (Phi) is 6.20. The Morgan fingerprint density at radius 1 is 0.727 bits per heavy atom. The average molecular weight is 439 g/mol. The molecular formula is C29H34N4. The first-order valence-electron chi connectivity index (χ1n) is 11.8. The normalized spacial score (nSPS) is 11.6. The second kappa shape index (κ2) is 8.93. The second-order valence-electron chi connectivity index (χ2n) is 9.74. The standard InChI is InChI=1S/C29H34N4/c1-17(2)24-10-9-11-25(18(3)4)26(24)29-32-31-28(23-15-19(5)14-20(6)16-23)33(29)27-21(7)12-13-30-22(27)8/h9-18H,1-8H3. The molecule has 0 unspecified atom stereocenters. The van der Waals surface area contributed by atoms with E-state index in [-0.39, 0.29) is 0 Å². The minimum absolute atomic E-state index is 0.365. The molecule has 170 valence electrons. The van der Waals surface area contributed by atoms with Crippen LogP contribution in [0, 0.1) is 27.7 Å². The van der Waals surface area contributed by atoms with Crippen LogP contribution in [0.25, 0.3) is 28.5 Å². The molecule has 4 heteroatoms. The summed E-state index contributed by atoms with van der Waals surface area (Å²) in [7, 11) is 0. The molecule has 2 aromatic heterocycles. The van der Waals surface area contributed by atoms with E-state index in [9.17, 15) is 0 Å². The first-order chi connectivity index (χ1) is 15.7. The van der Waals surface area contributed by atoms with Crippen molar-refractivity contribution in [2.24, 2.45) is 0 Å². The zero-order valence-corrected chi connectivity index (χ0v) is 21.1. The van der Waals surface area contributed by atoms with Crippen molar-refractivity contribution in [2.75, 3.05) is 0 Å². The number of hydrogen-bond donors (Lipinski definition) is 0. The van der Waals surface area contributed by atoms with Crippen LogP contribution in [-0.4, -0.2) is 19.7 Å². The topological polar surface area (TPSA) is 43.6 Å². The molecule has 0 saturated heterocycles. The van der Waals surface area contributed by atoms with Crippen molar-refractivity contribution in [2.45, 2.75) is 67.2 Å². The summed E-state index contributed by atoms with van der Waals surface area (Å²) in [4.78, 5) is 4.64. The molecule has 0 aliphatic carbocycles. The first kappa shape index (κ1) is 22.9. The third-order valence-corrected chi connectivity index (χ3v) is 6.27. The fourth-order valence-electron chi connectivity index (χ4n) is 4.78. The molecule has 0 aliphatic heterocycles. The summed E-state index contributed by atoms with van der Waals surface area (Å²) in [5.74, 6) is 2.47. The van der Waals surface area contributed by atoms with Gasteiger partial charge < -0.3 is 0 Å². The molecule has 2 aromatic carbocycles. The molecule has 2 heterocycles. The van der Waals surface area contributed by atoms with Gasteiger partial charge in [0.2, 0.25) is 0 Å². The summed E-state index contributed by atoms with van der Waals surface area (Å²) in [6, 6.07) is 15.3. The van der Waals surface area contributed by atoms with Crippen LogP contribution in [-0.2, 0) is 0 Å².